The Balaban J connectivity index is 1.55. The van der Waals surface area contributed by atoms with E-state index >= 15 is 0 Å². The van der Waals surface area contributed by atoms with Gasteiger partial charge in [0.05, 0.1) is 32.7 Å². The van der Waals surface area contributed by atoms with Crippen LogP contribution in [-0.4, -0.2) is 37.2 Å². The fourth-order valence-electron chi connectivity index (χ4n) is 3.33. The molecule has 0 atom stereocenters. The van der Waals surface area contributed by atoms with Crippen molar-refractivity contribution < 1.29 is 23.4 Å². The van der Waals surface area contributed by atoms with E-state index in [1.165, 1.54) is 27.4 Å². The zero-order valence-electron chi connectivity index (χ0n) is 18.7. The van der Waals surface area contributed by atoms with Crippen molar-refractivity contribution in [2.45, 2.75) is 6.92 Å². The van der Waals surface area contributed by atoms with Crippen LogP contribution in [-0.2, 0) is 4.79 Å². The molecule has 0 aliphatic rings. The van der Waals surface area contributed by atoms with Gasteiger partial charge in [0.15, 0.2) is 11.5 Å². The molecule has 8 nitrogen and oxygen atoms in total. The van der Waals surface area contributed by atoms with Crippen LogP contribution in [0.25, 0.3) is 28.8 Å². The molecule has 8 heteroatoms. The molecule has 0 fully saturated rings. The Bertz CT molecular complexity index is 1300. The van der Waals surface area contributed by atoms with Crippen LogP contribution >= 0.6 is 0 Å². The number of fused-ring (bicyclic) bond motifs is 1. The van der Waals surface area contributed by atoms with Gasteiger partial charge in [0.2, 0.25) is 23.3 Å². The molecule has 0 saturated carbocycles. The van der Waals surface area contributed by atoms with Gasteiger partial charge < -0.3 is 23.9 Å². The number of amides is 1. The highest BCUT2D eigenvalue weighted by Crippen LogP contribution is 2.38. The average molecular weight is 445 g/mol. The number of pyridine rings is 1. The van der Waals surface area contributed by atoms with Crippen molar-refractivity contribution in [2.75, 3.05) is 26.6 Å². The summed E-state index contributed by atoms with van der Waals surface area (Å²) in [6.07, 6.45) is 3.08. The first-order valence-corrected chi connectivity index (χ1v) is 10.1. The molecule has 0 saturated heterocycles. The predicted molar refractivity (Wildman–Crippen MR) is 126 cm³/mol. The standard InChI is InChI=1S/C25H23N3O5/c1-15-18(14-19-25(26-15)33-24(28-19)17-8-6-5-7-9-17)27-22(29)11-10-16-12-20(30-2)23(32-4)21(13-16)31-3/h5-14H,1-4H3,(H,27,29). The monoisotopic (exact) mass is 445 g/mol. The number of carbonyl (C=O) groups excluding carboxylic acids is 1. The summed E-state index contributed by atoms with van der Waals surface area (Å²) < 4.78 is 21.8. The minimum absolute atomic E-state index is 0.320. The first-order valence-electron chi connectivity index (χ1n) is 10.1. The van der Waals surface area contributed by atoms with Crippen molar-refractivity contribution >= 4 is 28.9 Å². The van der Waals surface area contributed by atoms with Gasteiger partial charge in [0.1, 0.15) is 5.52 Å². The smallest absolute Gasteiger partial charge is 0.248 e. The van der Waals surface area contributed by atoms with Crippen LogP contribution in [0.1, 0.15) is 11.3 Å². The summed E-state index contributed by atoms with van der Waals surface area (Å²) in [5, 5.41) is 2.84. The average Bonchev–Trinajstić information content (AvgIpc) is 3.25. The van der Waals surface area contributed by atoms with Crippen LogP contribution in [0.5, 0.6) is 17.2 Å². The first kappa shape index (κ1) is 21.9. The number of anilines is 1. The molecule has 33 heavy (non-hydrogen) atoms. The SMILES string of the molecule is COc1cc(C=CC(=O)Nc2cc3nc(-c4ccccc4)oc3nc2C)cc(OC)c1OC. The van der Waals surface area contributed by atoms with Gasteiger partial charge in [-0.15, -0.1) is 0 Å². The van der Waals surface area contributed by atoms with Crippen LogP contribution in [0.4, 0.5) is 5.69 Å². The van der Waals surface area contributed by atoms with Crippen LogP contribution in [0.3, 0.4) is 0 Å². The number of ether oxygens (including phenoxy) is 3. The van der Waals surface area contributed by atoms with Crippen molar-refractivity contribution in [3.8, 4) is 28.7 Å². The van der Waals surface area contributed by atoms with Crippen LogP contribution in [0.15, 0.2) is 59.0 Å². The number of aryl methyl sites for hydroxylation is 1. The molecular formula is C25H23N3O5. The van der Waals surface area contributed by atoms with E-state index in [-0.39, 0.29) is 5.91 Å². The number of hydrogen-bond donors (Lipinski definition) is 1. The highest BCUT2D eigenvalue weighted by Gasteiger charge is 2.14. The molecule has 0 aliphatic carbocycles. The lowest BCUT2D eigenvalue weighted by Gasteiger charge is -2.12. The van der Waals surface area contributed by atoms with Gasteiger partial charge in [-0.3, -0.25) is 4.79 Å². The van der Waals surface area contributed by atoms with Gasteiger partial charge in [-0.1, -0.05) is 18.2 Å². The third-order valence-corrected chi connectivity index (χ3v) is 4.97. The molecule has 1 N–H and O–H groups in total. The molecule has 2 aromatic heterocycles. The second kappa shape index (κ2) is 9.44. The molecule has 2 heterocycles. The third-order valence-electron chi connectivity index (χ3n) is 4.97. The number of hydrogen-bond acceptors (Lipinski definition) is 7. The van der Waals surface area contributed by atoms with E-state index in [9.17, 15) is 4.79 Å². The number of nitrogens with zero attached hydrogens (tertiary/aromatic N) is 2. The Morgan fingerprint density at radius 1 is 0.970 bits per heavy atom. The van der Waals surface area contributed by atoms with Gasteiger partial charge in [0.25, 0.3) is 0 Å². The van der Waals surface area contributed by atoms with Crippen molar-refractivity contribution in [1.82, 2.24) is 9.97 Å². The summed E-state index contributed by atoms with van der Waals surface area (Å²) >= 11 is 0. The highest BCUT2D eigenvalue weighted by atomic mass is 16.5. The third kappa shape index (κ3) is 4.64. The van der Waals surface area contributed by atoms with Gasteiger partial charge >= 0.3 is 0 Å². The zero-order chi connectivity index (χ0) is 23.4. The number of nitrogens with one attached hydrogen (secondary N) is 1. The Hall–Kier alpha value is -4.33. The maximum Gasteiger partial charge on any atom is 0.248 e. The molecule has 2 aromatic carbocycles. The fourth-order valence-corrected chi connectivity index (χ4v) is 3.33. The quantitative estimate of drug-likeness (QED) is 0.405. The van der Waals surface area contributed by atoms with E-state index in [4.69, 9.17) is 18.6 Å². The minimum atomic E-state index is -0.320. The predicted octanol–water partition coefficient (Wildman–Crippen LogP) is 4.88. The number of carbonyl (C=O) groups is 1. The van der Waals surface area contributed by atoms with E-state index < -0.39 is 0 Å². The molecule has 0 radical (unpaired) electrons. The Morgan fingerprint density at radius 2 is 1.67 bits per heavy atom. The van der Waals surface area contributed by atoms with E-state index in [0.29, 0.717) is 51.3 Å². The van der Waals surface area contributed by atoms with E-state index in [1.54, 1.807) is 31.2 Å². The highest BCUT2D eigenvalue weighted by molar-refractivity contribution is 6.03. The summed E-state index contributed by atoms with van der Waals surface area (Å²) in [5.41, 5.74) is 3.71. The summed E-state index contributed by atoms with van der Waals surface area (Å²) in [5.74, 6) is 1.65. The lowest BCUT2D eigenvalue weighted by atomic mass is 10.1. The second-order valence-corrected chi connectivity index (χ2v) is 7.11. The summed E-state index contributed by atoms with van der Waals surface area (Å²) in [4.78, 5) is 21.5. The van der Waals surface area contributed by atoms with Crippen molar-refractivity contribution in [3.63, 3.8) is 0 Å². The molecule has 0 unspecified atom stereocenters. The fraction of sp³-hybridized carbons (Fsp3) is 0.160. The Labute approximate surface area is 190 Å². The van der Waals surface area contributed by atoms with Crippen molar-refractivity contribution in [3.05, 3.63) is 65.9 Å². The van der Waals surface area contributed by atoms with E-state index in [1.807, 2.05) is 30.3 Å². The minimum Gasteiger partial charge on any atom is -0.493 e. The lowest BCUT2D eigenvalue weighted by Crippen LogP contribution is -2.09. The number of aromatic nitrogens is 2. The summed E-state index contributed by atoms with van der Waals surface area (Å²) in [6.45, 7) is 1.79. The van der Waals surface area contributed by atoms with Gasteiger partial charge in [-0.25, -0.2) is 9.97 Å². The molecule has 4 aromatic rings. The number of benzene rings is 2. The van der Waals surface area contributed by atoms with Crippen molar-refractivity contribution in [1.29, 1.82) is 0 Å². The molecule has 168 valence electrons. The normalized spacial score (nSPS) is 11.0. The van der Waals surface area contributed by atoms with Crippen LogP contribution < -0.4 is 19.5 Å². The molecule has 1 amide bonds. The number of rotatable bonds is 7. The van der Waals surface area contributed by atoms with Gasteiger partial charge in [-0.2, -0.15) is 0 Å². The number of oxazole rings is 1. The molecular weight excluding hydrogens is 422 g/mol. The summed E-state index contributed by atoms with van der Waals surface area (Å²) in [7, 11) is 4.61. The van der Waals surface area contributed by atoms with Gasteiger partial charge in [0, 0.05) is 11.6 Å². The number of methoxy groups -OCH3 is 3. The molecule has 0 bridgehead atoms. The van der Waals surface area contributed by atoms with Crippen LogP contribution in [0.2, 0.25) is 0 Å². The van der Waals surface area contributed by atoms with E-state index in [0.717, 1.165) is 5.56 Å². The summed E-state index contributed by atoms with van der Waals surface area (Å²) in [6, 6.07) is 14.8. The van der Waals surface area contributed by atoms with E-state index in [2.05, 4.69) is 15.3 Å². The maximum absolute atomic E-state index is 12.6. The topological polar surface area (TPSA) is 95.7 Å². The molecule has 4 rings (SSSR count). The largest absolute Gasteiger partial charge is 0.493 e. The lowest BCUT2D eigenvalue weighted by molar-refractivity contribution is -0.111. The van der Waals surface area contributed by atoms with Crippen molar-refractivity contribution in [2.24, 2.45) is 0 Å². The molecule has 0 aliphatic heterocycles. The first-order chi connectivity index (χ1) is 16.0. The second-order valence-electron chi connectivity index (χ2n) is 7.11. The van der Waals surface area contributed by atoms with Crippen LogP contribution in [0, 0.1) is 6.92 Å². The Morgan fingerprint density at radius 3 is 2.30 bits per heavy atom. The molecule has 0 spiro atoms. The zero-order valence-corrected chi connectivity index (χ0v) is 18.7. The van der Waals surface area contributed by atoms with Gasteiger partial charge in [-0.05, 0) is 48.9 Å². The maximum atomic E-state index is 12.6. The Kier molecular flexibility index (Phi) is 6.26.